The van der Waals surface area contributed by atoms with Crippen molar-refractivity contribution in [3.05, 3.63) is 17.3 Å². The van der Waals surface area contributed by atoms with Crippen LogP contribution in [0, 0.1) is 12.8 Å². The van der Waals surface area contributed by atoms with Crippen LogP contribution in [0.1, 0.15) is 67.6 Å². The molecule has 0 bridgehead atoms. The van der Waals surface area contributed by atoms with Crippen LogP contribution in [0.25, 0.3) is 0 Å². The summed E-state index contributed by atoms with van der Waals surface area (Å²) in [5, 5.41) is 12.1. The maximum Gasteiger partial charge on any atom is 0.289 e. The minimum Gasteiger partial charge on any atom is -0.435 e. The molecular formula is C15H24N2O3. The van der Waals surface area contributed by atoms with Crippen LogP contribution < -0.4 is 5.32 Å². The van der Waals surface area contributed by atoms with Gasteiger partial charge in [-0.05, 0) is 38.5 Å². The Balaban J connectivity index is 1.95. The molecule has 2 N–H and O–H groups in total. The Labute approximate surface area is 119 Å². The van der Waals surface area contributed by atoms with Crippen molar-refractivity contribution in [2.24, 2.45) is 5.92 Å². The Kier molecular flexibility index (Phi) is 4.81. The first kappa shape index (κ1) is 15.0. The number of nitrogens with one attached hydrogen (secondary N) is 1. The average molecular weight is 280 g/mol. The lowest BCUT2D eigenvalue weighted by atomic mass is 9.86. The highest BCUT2D eigenvalue weighted by atomic mass is 16.4. The van der Waals surface area contributed by atoms with E-state index in [1.807, 2.05) is 13.8 Å². The number of oxazole rings is 1. The lowest BCUT2D eigenvalue weighted by Crippen LogP contribution is -2.38. The van der Waals surface area contributed by atoms with E-state index in [1.165, 1.54) is 0 Å². The van der Waals surface area contributed by atoms with Crippen molar-refractivity contribution in [2.45, 2.75) is 58.4 Å². The molecule has 112 valence electrons. The van der Waals surface area contributed by atoms with Gasteiger partial charge in [-0.25, -0.2) is 4.98 Å². The Bertz CT molecular complexity index is 460. The second-order valence-corrected chi connectivity index (χ2v) is 6.00. The van der Waals surface area contributed by atoms with Crippen LogP contribution in [0.15, 0.2) is 4.42 Å². The molecule has 1 aliphatic rings. The zero-order chi connectivity index (χ0) is 14.7. The molecule has 0 spiro atoms. The van der Waals surface area contributed by atoms with Gasteiger partial charge in [0, 0.05) is 18.6 Å². The first-order valence-electron chi connectivity index (χ1n) is 7.40. The predicted octanol–water partition coefficient (Wildman–Crippen LogP) is 2.39. The smallest absolute Gasteiger partial charge is 0.289 e. The van der Waals surface area contributed by atoms with Crippen molar-refractivity contribution in [1.82, 2.24) is 10.3 Å². The van der Waals surface area contributed by atoms with Gasteiger partial charge in [-0.15, -0.1) is 0 Å². The Hall–Kier alpha value is -1.36. The highest BCUT2D eigenvalue weighted by molar-refractivity contribution is 5.92. The maximum atomic E-state index is 12.2. The third kappa shape index (κ3) is 3.39. The van der Waals surface area contributed by atoms with Gasteiger partial charge in [-0.2, -0.15) is 0 Å². The van der Waals surface area contributed by atoms with Crippen LogP contribution in [0.3, 0.4) is 0 Å². The van der Waals surface area contributed by atoms with Gasteiger partial charge < -0.3 is 14.8 Å². The molecule has 5 heteroatoms. The monoisotopic (exact) mass is 280 g/mol. The SMILES string of the molecule is Cc1nc(C(C)C)oc1C(=O)NC1CCC(CO)CC1. The van der Waals surface area contributed by atoms with Crippen molar-refractivity contribution in [2.75, 3.05) is 6.61 Å². The third-order valence-corrected chi connectivity index (χ3v) is 3.95. The van der Waals surface area contributed by atoms with Gasteiger partial charge in [0.2, 0.25) is 5.76 Å². The third-order valence-electron chi connectivity index (χ3n) is 3.95. The fourth-order valence-electron chi connectivity index (χ4n) is 2.62. The Morgan fingerprint density at radius 1 is 1.40 bits per heavy atom. The summed E-state index contributed by atoms with van der Waals surface area (Å²) in [6, 6.07) is 0.178. The number of aliphatic hydroxyl groups is 1. The van der Waals surface area contributed by atoms with Crippen molar-refractivity contribution in [1.29, 1.82) is 0 Å². The molecular weight excluding hydrogens is 256 g/mol. The predicted molar refractivity (Wildman–Crippen MR) is 75.6 cm³/mol. The molecule has 0 aromatic carbocycles. The minimum absolute atomic E-state index is 0.172. The van der Waals surface area contributed by atoms with Crippen LogP contribution >= 0.6 is 0 Å². The Morgan fingerprint density at radius 2 is 2.05 bits per heavy atom. The molecule has 0 saturated heterocycles. The molecule has 1 saturated carbocycles. The zero-order valence-electron chi connectivity index (χ0n) is 12.5. The van der Waals surface area contributed by atoms with Crippen LogP contribution in [0.4, 0.5) is 0 Å². The molecule has 0 unspecified atom stereocenters. The number of hydrogen-bond donors (Lipinski definition) is 2. The van der Waals surface area contributed by atoms with E-state index in [4.69, 9.17) is 9.52 Å². The lowest BCUT2D eigenvalue weighted by Gasteiger charge is -2.27. The van der Waals surface area contributed by atoms with Gasteiger partial charge in [0.15, 0.2) is 5.89 Å². The molecule has 1 aromatic rings. The normalized spacial score (nSPS) is 23.1. The number of hydrogen-bond acceptors (Lipinski definition) is 4. The molecule has 2 rings (SSSR count). The van der Waals surface area contributed by atoms with Crippen LogP contribution in [0.2, 0.25) is 0 Å². The van der Waals surface area contributed by atoms with E-state index in [0.717, 1.165) is 25.7 Å². The van der Waals surface area contributed by atoms with E-state index in [0.29, 0.717) is 23.3 Å². The summed E-state index contributed by atoms with van der Waals surface area (Å²) in [6.07, 6.45) is 3.77. The number of aliphatic hydroxyl groups excluding tert-OH is 1. The number of rotatable bonds is 4. The quantitative estimate of drug-likeness (QED) is 0.888. The second kappa shape index (κ2) is 6.39. The van der Waals surface area contributed by atoms with E-state index < -0.39 is 0 Å². The fraction of sp³-hybridized carbons (Fsp3) is 0.733. The topological polar surface area (TPSA) is 75.4 Å². The number of carbonyl (C=O) groups excluding carboxylic acids is 1. The summed E-state index contributed by atoms with van der Waals surface area (Å²) in [5.74, 6) is 1.34. The largest absolute Gasteiger partial charge is 0.435 e. The number of aryl methyl sites for hydroxylation is 1. The van der Waals surface area contributed by atoms with Gasteiger partial charge in [0.25, 0.3) is 5.91 Å². The molecule has 5 nitrogen and oxygen atoms in total. The highest BCUT2D eigenvalue weighted by Crippen LogP contribution is 2.24. The summed E-state index contributed by atoms with van der Waals surface area (Å²) in [4.78, 5) is 16.5. The molecule has 1 aliphatic carbocycles. The van der Waals surface area contributed by atoms with Gasteiger partial charge in [0.1, 0.15) is 0 Å². The number of nitrogens with zero attached hydrogens (tertiary/aromatic N) is 1. The molecule has 1 fully saturated rings. The van der Waals surface area contributed by atoms with Crippen molar-refractivity contribution in [3.8, 4) is 0 Å². The Morgan fingerprint density at radius 3 is 2.55 bits per heavy atom. The summed E-state index contributed by atoms with van der Waals surface area (Å²) >= 11 is 0. The highest BCUT2D eigenvalue weighted by Gasteiger charge is 2.25. The maximum absolute atomic E-state index is 12.2. The van der Waals surface area contributed by atoms with E-state index in [-0.39, 0.29) is 24.5 Å². The van der Waals surface area contributed by atoms with Crippen LogP contribution in [-0.2, 0) is 0 Å². The van der Waals surface area contributed by atoms with Crippen molar-refractivity contribution < 1.29 is 14.3 Å². The first-order chi connectivity index (χ1) is 9.51. The molecule has 0 aliphatic heterocycles. The van der Waals surface area contributed by atoms with Gasteiger partial charge in [-0.1, -0.05) is 13.8 Å². The first-order valence-corrected chi connectivity index (χ1v) is 7.40. The van der Waals surface area contributed by atoms with E-state index in [1.54, 1.807) is 6.92 Å². The van der Waals surface area contributed by atoms with E-state index in [2.05, 4.69) is 10.3 Å². The van der Waals surface area contributed by atoms with Gasteiger partial charge in [0.05, 0.1) is 5.69 Å². The number of amides is 1. The molecule has 0 radical (unpaired) electrons. The van der Waals surface area contributed by atoms with Crippen molar-refractivity contribution in [3.63, 3.8) is 0 Å². The summed E-state index contributed by atoms with van der Waals surface area (Å²) < 4.78 is 5.56. The molecule has 0 atom stereocenters. The summed E-state index contributed by atoms with van der Waals surface area (Å²) in [5.41, 5.74) is 0.648. The number of carbonyl (C=O) groups is 1. The van der Waals surface area contributed by atoms with Gasteiger partial charge in [-0.3, -0.25) is 4.79 Å². The summed E-state index contributed by atoms with van der Waals surface area (Å²) in [7, 11) is 0. The molecule has 1 amide bonds. The molecule has 20 heavy (non-hydrogen) atoms. The molecule has 1 aromatic heterocycles. The summed E-state index contributed by atoms with van der Waals surface area (Å²) in [6.45, 7) is 6.03. The lowest BCUT2D eigenvalue weighted by molar-refractivity contribution is 0.0883. The van der Waals surface area contributed by atoms with Crippen LogP contribution in [0.5, 0.6) is 0 Å². The minimum atomic E-state index is -0.172. The average Bonchev–Trinajstić information content (AvgIpc) is 2.82. The van der Waals surface area contributed by atoms with Crippen LogP contribution in [-0.4, -0.2) is 28.6 Å². The fourth-order valence-corrected chi connectivity index (χ4v) is 2.62. The van der Waals surface area contributed by atoms with Crippen molar-refractivity contribution >= 4 is 5.91 Å². The number of aromatic nitrogens is 1. The van der Waals surface area contributed by atoms with E-state index >= 15 is 0 Å². The second-order valence-electron chi connectivity index (χ2n) is 6.00. The zero-order valence-corrected chi connectivity index (χ0v) is 12.5. The van der Waals surface area contributed by atoms with Gasteiger partial charge >= 0.3 is 0 Å². The van der Waals surface area contributed by atoms with E-state index in [9.17, 15) is 4.79 Å². The molecule has 1 heterocycles. The standard InChI is InChI=1S/C15H24N2O3/c1-9(2)15-16-10(3)13(20-15)14(19)17-12-6-4-11(8-18)5-7-12/h9,11-12,18H,4-8H2,1-3H3,(H,17,19).